The van der Waals surface area contributed by atoms with Crippen LogP contribution in [0.2, 0.25) is 0 Å². The third kappa shape index (κ3) is 3.51. The number of rotatable bonds is 4. The molecule has 0 radical (unpaired) electrons. The number of aryl methyl sites for hydroxylation is 2. The van der Waals surface area contributed by atoms with Crippen LogP contribution in [0.5, 0.6) is 0 Å². The van der Waals surface area contributed by atoms with Gasteiger partial charge in [-0.3, -0.25) is 19.2 Å². The Balaban J connectivity index is 1.54. The minimum absolute atomic E-state index is 0.565. The van der Waals surface area contributed by atoms with E-state index in [4.69, 9.17) is 0 Å². The summed E-state index contributed by atoms with van der Waals surface area (Å²) in [6.45, 7) is 7.63. The van der Waals surface area contributed by atoms with Crippen molar-refractivity contribution in [1.29, 1.82) is 0 Å². The number of aromatic nitrogens is 4. The molecular formula is C15H24N6. The molecule has 6 heteroatoms. The van der Waals surface area contributed by atoms with E-state index in [1.165, 1.54) is 11.1 Å². The lowest BCUT2D eigenvalue weighted by Crippen LogP contribution is -2.50. The van der Waals surface area contributed by atoms with Crippen LogP contribution in [0.25, 0.3) is 0 Å². The molecule has 21 heavy (non-hydrogen) atoms. The van der Waals surface area contributed by atoms with E-state index in [0.717, 1.165) is 32.7 Å². The van der Waals surface area contributed by atoms with E-state index in [2.05, 4.69) is 39.3 Å². The van der Waals surface area contributed by atoms with Gasteiger partial charge in [0.15, 0.2) is 0 Å². The van der Waals surface area contributed by atoms with Gasteiger partial charge in [0.2, 0.25) is 0 Å². The Labute approximate surface area is 126 Å². The van der Waals surface area contributed by atoms with Crippen molar-refractivity contribution >= 4 is 0 Å². The van der Waals surface area contributed by atoms with Gasteiger partial charge < -0.3 is 0 Å². The molecule has 114 valence electrons. The summed E-state index contributed by atoms with van der Waals surface area (Å²) in [4.78, 5) is 5.05. The van der Waals surface area contributed by atoms with Crippen molar-refractivity contribution in [3.8, 4) is 0 Å². The van der Waals surface area contributed by atoms with Crippen molar-refractivity contribution in [3.63, 3.8) is 0 Å². The summed E-state index contributed by atoms with van der Waals surface area (Å²) in [5.74, 6) is 0. The van der Waals surface area contributed by atoms with Crippen molar-refractivity contribution in [2.24, 2.45) is 14.1 Å². The molecule has 1 aliphatic heterocycles. The Kier molecular flexibility index (Phi) is 4.07. The molecule has 0 amide bonds. The van der Waals surface area contributed by atoms with Crippen LogP contribution in [0.15, 0.2) is 24.8 Å². The Morgan fingerprint density at radius 3 is 2.14 bits per heavy atom. The maximum atomic E-state index is 4.25. The van der Waals surface area contributed by atoms with Gasteiger partial charge in [-0.15, -0.1) is 0 Å². The second-order valence-electron chi connectivity index (χ2n) is 6.10. The third-order valence-electron chi connectivity index (χ3n) is 4.16. The zero-order valence-corrected chi connectivity index (χ0v) is 13.1. The molecule has 2 aromatic rings. The monoisotopic (exact) mass is 288 g/mol. The SMILES string of the molecule is C[C@H]1CN(Cc2cnn(C)c2)CCN1Cc1cnn(C)c1. The fraction of sp³-hybridized carbons (Fsp3) is 0.600. The van der Waals surface area contributed by atoms with Gasteiger partial charge in [0.05, 0.1) is 12.4 Å². The summed E-state index contributed by atoms with van der Waals surface area (Å²) >= 11 is 0. The first-order chi connectivity index (χ1) is 10.1. The molecule has 0 aliphatic carbocycles. The molecule has 2 aromatic heterocycles. The summed E-state index contributed by atoms with van der Waals surface area (Å²) in [5, 5.41) is 8.50. The van der Waals surface area contributed by atoms with E-state index in [-0.39, 0.29) is 0 Å². The van der Waals surface area contributed by atoms with Crippen LogP contribution in [0.1, 0.15) is 18.1 Å². The van der Waals surface area contributed by atoms with E-state index in [1.807, 2.05) is 35.9 Å². The molecule has 0 spiro atoms. The molecule has 0 bridgehead atoms. The number of hydrogen-bond donors (Lipinski definition) is 0. The van der Waals surface area contributed by atoms with Crippen molar-refractivity contribution in [3.05, 3.63) is 35.9 Å². The zero-order chi connectivity index (χ0) is 14.8. The maximum Gasteiger partial charge on any atom is 0.0534 e. The lowest BCUT2D eigenvalue weighted by Gasteiger charge is -2.39. The first kappa shape index (κ1) is 14.3. The lowest BCUT2D eigenvalue weighted by molar-refractivity contribution is 0.0733. The maximum absolute atomic E-state index is 4.25. The van der Waals surface area contributed by atoms with E-state index in [0.29, 0.717) is 6.04 Å². The molecule has 1 aliphatic rings. The highest BCUT2D eigenvalue weighted by atomic mass is 15.3. The first-order valence-electron chi connectivity index (χ1n) is 7.51. The van der Waals surface area contributed by atoms with Crippen molar-refractivity contribution in [2.45, 2.75) is 26.1 Å². The molecule has 3 heterocycles. The van der Waals surface area contributed by atoms with Gasteiger partial charge in [-0.2, -0.15) is 10.2 Å². The molecule has 0 unspecified atom stereocenters. The predicted octanol–water partition coefficient (Wildman–Crippen LogP) is 0.860. The summed E-state index contributed by atoms with van der Waals surface area (Å²) in [5.41, 5.74) is 2.59. The average Bonchev–Trinajstić information content (AvgIpc) is 3.02. The summed E-state index contributed by atoms with van der Waals surface area (Å²) in [6, 6.07) is 0.565. The average molecular weight is 288 g/mol. The molecule has 0 aromatic carbocycles. The number of hydrogen-bond acceptors (Lipinski definition) is 4. The summed E-state index contributed by atoms with van der Waals surface area (Å²) in [6.07, 6.45) is 8.14. The Bertz CT molecular complexity index is 587. The second-order valence-corrected chi connectivity index (χ2v) is 6.10. The molecule has 0 N–H and O–H groups in total. The van der Waals surface area contributed by atoms with Gasteiger partial charge in [-0.05, 0) is 6.92 Å². The van der Waals surface area contributed by atoms with Gasteiger partial charge >= 0.3 is 0 Å². The van der Waals surface area contributed by atoms with Crippen LogP contribution < -0.4 is 0 Å². The lowest BCUT2D eigenvalue weighted by atomic mass is 10.1. The number of nitrogens with zero attached hydrogens (tertiary/aromatic N) is 6. The molecule has 3 rings (SSSR count). The van der Waals surface area contributed by atoms with E-state index >= 15 is 0 Å². The minimum Gasteiger partial charge on any atom is -0.296 e. The van der Waals surface area contributed by atoms with Gasteiger partial charge in [-0.1, -0.05) is 0 Å². The van der Waals surface area contributed by atoms with Crippen LogP contribution in [-0.4, -0.2) is 55.0 Å². The molecule has 6 nitrogen and oxygen atoms in total. The van der Waals surface area contributed by atoms with Crippen molar-refractivity contribution in [2.75, 3.05) is 19.6 Å². The minimum atomic E-state index is 0.565. The van der Waals surface area contributed by atoms with Crippen LogP contribution in [0.4, 0.5) is 0 Å². The van der Waals surface area contributed by atoms with Crippen LogP contribution >= 0.6 is 0 Å². The highest BCUT2D eigenvalue weighted by Gasteiger charge is 2.24. The van der Waals surface area contributed by atoms with Crippen LogP contribution in [-0.2, 0) is 27.2 Å². The Hall–Kier alpha value is -1.66. The normalized spacial score (nSPS) is 21.0. The van der Waals surface area contributed by atoms with Gasteiger partial charge in [-0.25, -0.2) is 0 Å². The topological polar surface area (TPSA) is 42.1 Å². The zero-order valence-electron chi connectivity index (χ0n) is 13.1. The second kappa shape index (κ2) is 5.99. The Morgan fingerprint density at radius 2 is 1.62 bits per heavy atom. The molecular weight excluding hydrogens is 264 g/mol. The highest BCUT2D eigenvalue weighted by molar-refractivity contribution is 5.06. The smallest absolute Gasteiger partial charge is 0.0534 e. The van der Waals surface area contributed by atoms with E-state index in [9.17, 15) is 0 Å². The first-order valence-corrected chi connectivity index (χ1v) is 7.51. The fourth-order valence-corrected chi connectivity index (χ4v) is 3.05. The largest absolute Gasteiger partial charge is 0.296 e. The standard InChI is InChI=1S/C15H24N6/c1-13-8-20(11-14-6-16-18(2)9-14)4-5-21(13)12-15-7-17-19(3)10-15/h6-7,9-10,13H,4-5,8,11-12H2,1-3H3/t13-/m0/s1. The van der Waals surface area contributed by atoms with Crippen molar-refractivity contribution in [1.82, 2.24) is 29.4 Å². The summed E-state index contributed by atoms with van der Waals surface area (Å²) < 4.78 is 3.75. The molecule has 1 atom stereocenters. The predicted molar refractivity (Wildman–Crippen MR) is 81.6 cm³/mol. The highest BCUT2D eigenvalue weighted by Crippen LogP contribution is 2.15. The van der Waals surface area contributed by atoms with Crippen LogP contribution in [0.3, 0.4) is 0 Å². The summed E-state index contributed by atoms with van der Waals surface area (Å²) in [7, 11) is 3.94. The molecule has 1 saturated heterocycles. The van der Waals surface area contributed by atoms with E-state index in [1.54, 1.807) is 0 Å². The van der Waals surface area contributed by atoms with Gasteiger partial charge in [0.25, 0.3) is 0 Å². The van der Waals surface area contributed by atoms with Crippen LogP contribution in [0, 0.1) is 0 Å². The number of piperazine rings is 1. The van der Waals surface area contributed by atoms with Crippen molar-refractivity contribution < 1.29 is 0 Å². The Morgan fingerprint density at radius 1 is 1.00 bits per heavy atom. The van der Waals surface area contributed by atoms with Gasteiger partial charge in [0.1, 0.15) is 0 Å². The quantitative estimate of drug-likeness (QED) is 0.837. The molecule has 1 fully saturated rings. The van der Waals surface area contributed by atoms with E-state index < -0.39 is 0 Å². The third-order valence-corrected chi connectivity index (χ3v) is 4.16. The fourth-order valence-electron chi connectivity index (χ4n) is 3.05. The molecule has 0 saturated carbocycles. The van der Waals surface area contributed by atoms with Gasteiger partial charge in [0, 0.05) is 76.4 Å².